The summed E-state index contributed by atoms with van der Waals surface area (Å²) in [5.74, 6) is -0.358. The van der Waals surface area contributed by atoms with Crippen molar-refractivity contribution in [3.05, 3.63) is 34.6 Å². The Labute approximate surface area is 119 Å². The van der Waals surface area contributed by atoms with Gasteiger partial charge in [-0.1, -0.05) is 24.6 Å². The van der Waals surface area contributed by atoms with E-state index in [0.717, 1.165) is 0 Å². The van der Waals surface area contributed by atoms with Crippen molar-refractivity contribution in [3.63, 3.8) is 0 Å². The van der Waals surface area contributed by atoms with Gasteiger partial charge in [-0.3, -0.25) is 0 Å². The van der Waals surface area contributed by atoms with Crippen molar-refractivity contribution in [2.75, 3.05) is 19.8 Å². The van der Waals surface area contributed by atoms with E-state index in [4.69, 9.17) is 21.1 Å². The average molecular weight is 290 g/mol. The first-order chi connectivity index (χ1) is 9.13. The Morgan fingerprint density at radius 1 is 1.21 bits per heavy atom. The normalized spacial score (nSPS) is 12.9. The maximum atomic E-state index is 14.0. The zero-order valence-electron chi connectivity index (χ0n) is 11.6. The highest BCUT2D eigenvalue weighted by Gasteiger charge is 2.26. The topological polar surface area (TPSA) is 30.5 Å². The van der Waals surface area contributed by atoms with Gasteiger partial charge >= 0.3 is 0 Å². The third-order valence-corrected chi connectivity index (χ3v) is 2.89. The van der Waals surface area contributed by atoms with E-state index < -0.39 is 6.29 Å². The second-order valence-corrected chi connectivity index (χ2v) is 4.42. The Morgan fingerprint density at radius 3 is 2.32 bits per heavy atom. The minimum Gasteiger partial charge on any atom is -0.351 e. The second kappa shape index (κ2) is 8.48. The lowest BCUT2D eigenvalue weighted by Crippen LogP contribution is -2.36. The Kier molecular flexibility index (Phi) is 7.31. The smallest absolute Gasteiger partial charge is 0.176 e. The van der Waals surface area contributed by atoms with E-state index in [2.05, 4.69) is 5.32 Å². The molecule has 0 heterocycles. The standard InChI is InChI=1S/C14H21ClFNO2/c1-4-17-13(14(18-5-2)19-6-3)11-8-7-10(15)9-12(11)16/h7-9,13-14,17H,4-6H2,1-3H3. The summed E-state index contributed by atoms with van der Waals surface area (Å²) in [6, 6.07) is 4.27. The van der Waals surface area contributed by atoms with Crippen molar-refractivity contribution in [1.82, 2.24) is 5.32 Å². The fraction of sp³-hybridized carbons (Fsp3) is 0.571. The monoisotopic (exact) mass is 289 g/mol. The molecule has 0 radical (unpaired) electrons. The molecule has 1 aromatic carbocycles. The highest BCUT2D eigenvalue weighted by atomic mass is 35.5. The average Bonchev–Trinajstić information content (AvgIpc) is 2.37. The summed E-state index contributed by atoms with van der Waals surface area (Å²) >= 11 is 5.78. The Balaban J connectivity index is 3.02. The van der Waals surface area contributed by atoms with Crippen LogP contribution in [-0.4, -0.2) is 26.0 Å². The van der Waals surface area contributed by atoms with Crippen molar-refractivity contribution < 1.29 is 13.9 Å². The highest BCUT2D eigenvalue weighted by molar-refractivity contribution is 6.30. The molecule has 1 rings (SSSR count). The maximum absolute atomic E-state index is 14.0. The number of hydrogen-bond donors (Lipinski definition) is 1. The molecule has 0 aromatic heterocycles. The summed E-state index contributed by atoms with van der Waals surface area (Å²) in [4.78, 5) is 0. The predicted molar refractivity (Wildman–Crippen MR) is 74.9 cm³/mol. The fourth-order valence-corrected chi connectivity index (χ4v) is 2.05. The molecule has 0 bridgehead atoms. The van der Waals surface area contributed by atoms with Crippen LogP contribution in [-0.2, 0) is 9.47 Å². The van der Waals surface area contributed by atoms with Gasteiger partial charge in [-0.15, -0.1) is 0 Å². The van der Waals surface area contributed by atoms with Crippen LogP contribution in [0.4, 0.5) is 4.39 Å². The summed E-state index contributed by atoms with van der Waals surface area (Å²) in [6.07, 6.45) is -0.523. The van der Waals surface area contributed by atoms with Crippen molar-refractivity contribution >= 4 is 11.6 Å². The molecule has 0 amide bonds. The third-order valence-electron chi connectivity index (χ3n) is 2.66. The number of nitrogens with one attached hydrogen (secondary N) is 1. The van der Waals surface area contributed by atoms with Crippen LogP contribution in [0.15, 0.2) is 18.2 Å². The van der Waals surface area contributed by atoms with Gasteiger partial charge in [0.2, 0.25) is 0 Å². The SMILES string of the molecule is CCNC(c1ccc(Cl)cc1F)C(OCC)OCC. The van der Waals surface area contributed by atoms with Crippen LogP contribution in [0.2, 0.25) is 5.02 Å². The van der Waals surface area contributed by atoms with E-state index >= 15 is 0 Å². The first kappa shape index (κ1) is 16.4. The van der Waals surface area contributed by atoms with Crippen LogP contribution in [0.3, 0.4) is 0 Å². The van der Waals surface area contributed by atoms with E-state index in [1.807, 2.05) is 20.8 Å². The van der Waals surface area contributed by atoms with Gasteiger partial charge in [-0.05, 0) is 32.5 Å². The zero-order valence-corrected chi connectivity index (χ0v) is 12.3. The van der Waals surface area contributed by atoms with Crippen molar-refractivity contribution in [2.24, 2.45) is 0 Å². The summed E-state index contributed by atoms with van der Waals surface area (Å²) in [5.41, 5.74) is 0.498. The molecule has 0 spiro atoms. The first-order valence-electron chi connectivity index (χ1n) is 6.55. The molecular formula is C14H21ClFNO2. The molecule has 0 saturated carbocycles. The van der Waals surface area contributed by atoms with Crippen molar-refractivity contribution in [1.29, 1.82) is 0 Å². The maximum Gasteiger partial charge on any atom is 0.176 e. The largest absolute Gasteiger partial charge is 0.351 e. The third kappa shape index (κ3) is 4.73. The van der Waals surface area contributed by atoms with Gasteiger partial charge < -0.3 is 14.8 Å². The lowest BCUT2D eigenvalue weighted by Gasteiger charge is -2.28. The summed E-state index contributed by atoms with van der Waals surface area (Å²) in [5, 5.41) is 3.57. The van der Waals surface area contributed by atoms with Crippen LogP contribution in [0.25, 0.3) is 0 Å². The number of benzene rings is 1. The number of hydrogen-bond acceptors (Lipinski definition) is 3. The zero-order chi connectivity index (χ0) is 14.3. The molecule has 0 aliphatic carbocycles. The molecule has 0 aliphatic rings. The molecule has 108 valence electrons. The van der Waals surface area contributed by atoms with Crippen molar-refractivity contribution in [2.45, 2.75) is 33.1 Å². The van der Waals surface area contributed by atoms with E-state index in [-0.39, 0.29) is 11.9 Å². The van der Waals surface area contributed by atoms with Crippen LogP contribution >= 0.6 is 11.6 Å². The Bertz CT molecular complexity index is 384. The summed E-state index contributed by atoms with van der Waals surface area (Å²) < 4.78 is 25.1. The van der Waals surface area contributed by atoms with E-state index in [1.165, 1.54) is 6.07 Å². The molecule has 1 N–H and O–H groups in total. The Hall–Kier alpha value is -0.680. The van der Waals surface area contributed by atoms with Gasteiger partial charge in [-0.2, -0.15) is 0 Å². The Morgan fingerprint density at radius 2 is 1.84 bits per heavy atom. The van der Waals surface area contributed by atoms with Crippen LogP contribution in [0.1, 0.15) is 32.4 Å². The molecule has 0 fully saturated rings. The second-order valence-electron chi connectivity index (χ2n) is 3.98. The molecule has 1 unspecified atom stereocenters. The van der Waals surface area contributed by atoms with Crippen LogP contribution < -0.4 is 5.32 Å². The van der Waals surface area contributed by atoms with Crippen LogP contribution in [0, 0.1) is 5.82 Å². The quantitative estimate of drug-likeness (QED) is 0.743. The minimum absolute atomic E-state index is 0.358. The van der Waals surface area contributed by atoms with Gasteiger partial charge in [-0.25, -0.2) is 4.39 Å². The van der Waals surface area contributed by atoms with Gasteiger partial charge in [0, 0.05) is 23.8 Å². The predicted octanol–water partition coefficient (Wildman–Crippen LogP) is 3.53. The number of rotatable bonds is 8. The van der Waals surface area contributed by atoms with Gasteiger partial charge in [0.15, 0.2) is 6.29 Å². The summed E-state index contributed by atoms with van der Waals surface area (Å²) in [7, 11) is 0. The molecule has 5 heteroatoms. The molecule has 1 atom stereocenters. The number of halogens is 2. The van der Waals surface area contributed by atoms with Gasteiger partial charge in [0.25, 0.3) is 0 Å². The summed E-state index contributed by atoms with van der Waals surface area (Å²) in [6.45, 7) is 7.41. The molecule has 0 aliphatic heterocycles. The first-order valence-corrected chi connectivity index (χ1v) is 6.93. The highest BCUT2D eigenvalue weighted by Crippen LogP contribution is 2.25. The molecule has 3 nitrogen and oxygen atoms in total. The lowest BCUT2D eigenvalue weighted by atomic mass is 10.1. The molecule has 1 aromatic rings. The fourth-order valence-electron chi connectivity index (χ4n) is 1.90. The van der Waals surface area contributed by atoms with Crippen LogP contribution in [0.5, 0.6) is 0 Å². The van der Waals surface area contributed by atoms with Gasteiger partial charge in [0.1, 0.15) is 5.82 Å². The number of ether oxygens (including phenoxy) is 2. The van der Waals surface area contributed by atoms with E-state index in [0.29, 0.717) is 30.3 Å². The lowest BCUT2D eigenvalue weighted by molar-refractivity contribution is -0.155. The number of likely N-dealkylation sites (N-methyl/N-ethyl adjacent to an activating group) is 1. The molecular weight excluding hydrogens is 269 g/mol. The van der Waals surface area contributed by atoms with Crippen molar-refractivity contribution in [3.8, 4) is 0 Å². The minimum atomic E-state index is -0.523. The molecule has 0 saturated heterocycles. The van der Waals surface area contributed by atoms with E-state index in [1.54, 1.807) is 12.1 Å². The van der Waals surface area contributed by atoms with Gasteiger partial charge in [0.05, 0.1) is 6.04 Å². The van der Waals surface area contributed by atoms with E-state index in [9.17, 15) is 4.39 Å². The molecule has 19 heavy (non-hydrogen) atoms.